The summed E-state index contributed by atoms with van der Waals surface area (Å²) in [5.41, 5.74) is 0.422. The average Bonchev–Trinajstić information content (AvgIpc) is 2.27. The second kappa shape index (κ2) is 6.78. The van der Waals surface area contributed by atoms with E-state index in [4.69, 9.17) is 23.2 Å². The molecule has 1 aromatic rings. The highest BCUT2D eigenvalue weighted by atomic mass is 35.5. The molecule has 100 valence electrons. The fourth-order valence-electron chi connectivity index (χ4n) is 1.53. The van der Waals surface area contributed by atoms with Gasteiger partial charge in [-0.15, -0.1) is 0 Å². The number of benzene rings is 1. The lowest BCUT2D eigenvalue weighted by Crippen LogP contribution is -2.23. The van der Waals surface area contributed by atoms with Gasteiger partial charge in [-0.05, 0) is 19.5 Å². The van der Waals surface area contributed by atoms with E-state index in [9.17, 15) is 10.1 Å². The Hall–Kier alpha value is -1.04. The van der Waals surface area contributed by atoms with Crippen molar-refractivity contribution < 1.29 is 4.92 Å². The third-order valence-corrected chi connectivity index (χ3v) is 3.01. The van der Waals surface area contributed by atoms with Crippen molar-refractivity contribution in [3.05, 3.63) is 32.3 Å². The topological polar surface area (TPSA) is 67.2 Å². The van der Waals surface area contributed by atoms with Gasteiger partial charge in [-0.2, -0.15) is 0 Å². The molecule has 0 bridgehead atoms. The highest BCUT2D eigenvalue weighted by molar-refractivity contribution is 6.39. The number of hydrogen-bond acceptors (Lipinski definition) is 4. The summed E-state index contributed by atoms with van der Waals surface area (Å²) >= 11 is 11.9. The van der Waals surface area contributed by atoms with Crippen molar-refractivity contribution in [1.82, 2.24) is 5.32 Å². The van der Waals surface area contributed by atoms with Gasteiger partial charge in [-0.1, -0.05) is 30.1 Å². The number of nitrogens with zero attached hydrogens (tertiary/aromatic N) is 1. The van der Waals surface area contributed by atoms with Gasteiger partial charge in [0.1, 0.15) is 0 Å². The van der Waals surface area contributed by atoms with Gasteiger partial charge in [0, 0.05) is 18.7 Å². The van der Waals surface area contributed by atoms with Crippen LogP contribution in [-0.2, 0) is 0 Å². The maximum Gasteiger partial charge on any atom is 0.272 e. The van der Waals surface area contributed by atoms with Crippen LogP contribution in [0, 0.1) is 16.0 Å². The van der Waals surface area contributed by atoms with Crippen LogP contribution in [0.5, 0.6) is 0 Å². The number of anilines is 1. The largest absolute Gasteiger partial charge is 0.382 e. The number of halogens is 2. The van der Waals surface area contributed by atoms with Crippen molar-refractivity contribution in [3.63, 3.8) is 0 Å². The minimum atomic E-state index is -0.523. The third kappa shape index (κ3) is 4.01. The molecule has 1 unspecified atom stereocenters. The molecule has 7 heteroatoms. The van der Waals surface area contributed by atoms with E-state index < -0.39 is 4.92 Å². The first kappa shape index (κ1) is 15.0. The van der Waals surface area contributed by atoms with Crippen molar-refractivity contribution >= 4 is 34.6 Å². The monoisotopic (exact) mass is 291 g/mol. The summed E-state index contributed by atoms with van der Waals surface area (Å²) in [6.07, 6.45) is 0. The Morgan fingerprint density at radius 2 is 1.89 bits per heavy atom. The number of rotatable bonds is 6. The molecule has 0 aliphatic rings. The van der Waals surface area contributed by atoms with E-state index >= 15 is 0 Å². The van der Waals surface area contributed by atoms with Crippen LogP contribution in [0.25, 0.3) is 0 Å². The van der Waals surface area contributed by atoms with Crippen LogP contribution in [0.15, 0.2) is 12.1 Å². The molecular formula is C11H15Cl2N3O2. The Labute approximate surface area is 116 Å². The van der Waals surface area contributed by atoms with Crippen molar-refractivity contribution in [1.29, 1.82) is 0 Å². The lowest BCUT2D eigenvalue weighted by molar-refractivity contribution is -0.384. The zero-order valence-corrected chi connectivity index (χ0v) is 11.7. The van der Waals surface area contributed by atoms with Crippen LogP contribution in [-0.4, -0.2) is 25.1 Å². The minimum Gasteiger partial charge on any atom is -0.382 e. The molecule has 0 spiro atoms. The molecule has 0 aliphatic carbocycles. The van der Waals surface area contributed by atoms with Crippen LogP contribution >= 0.6 is 23.2 Å². The molecule has 0 aliphatic heterocycles. The molecule has 0 saturated carbocycles. The Balaban J connectivity index is 2.81. The summed E-state index contributed by atoms with van der Waals surface area (Å²) in [7, 11) is 1.88. The molecule has 5 nitrogen and oxygen atoms in total. The Bertz CT molecular complexity index is 417. The number of hydrogen-bond donors (Lipinski definition) is 2. The molecular weight excluding hydrogens is 277 g/mol. The molecule has 0 heterocycles. The van der Waals surface area contributed by atoms with E-state index in [0.29, 0.717) is 18.2 Å². The summed E-state index contributed by atoms with van der Waals surface area (Å²) in [4.78, 5) is 10.1. The molecule has 0 aromatic heterocycles. The fourth-order valence-corrected chi connectivity index (χ4v) is 2.14. The number of nitro benzene ring substituents is 1. The Morgan fingerprint density at radius 1 is 1.33 bits per heavy atom. The molecule has 2 N–H and O–H groups in total. The van der Waals surface area contributed by atoms with Gasteiger partial charge in [0.2, 0.25) is 0 Å². The average molecular weight is 292 g/mol. The van der Waals surface area contributed by atoms with Gasteiger partial charge in [0.15, 0.2) is 0 Å². The second-order valence-electron chi connectivity index (χ2n) is 4.09. The van der Waals surface area contributed by atoms with E-state index in [1.54, 1.807) is 0 Å². The normalized spacial score (nSPS) is 12.2. The van der Waals surface area contributed by atoms with Crippen LogP contribution in [0.4, 0.5) is 11.4 Å². The van der Waals surface area contributed by atoms with Gasteiger partial charge in [0.25, 0.3) is 5.69 Å². The zero-order chi connectivity index (χ0) is 13.7. The maximum atomic E-state index is 10.6. The lowest BCUT2D eigenvalue weighted by atomic mass is 10.1. The molecule has 0 radical (unpaired) electrons. The van der Waals surface area contributed by atoms with E-state index in [-0.39, 0.29) is 15.7 Å². The van der Waals surface area contributed by atoms with Crippen LogP contribution in [0.3, 0.4) is 0 Å². The van der Waals surface area contributed by atoms with E-state index in [1.807, 2.05) is 7.05 Å². The van der Waals surface area contributed by atoms with E-state index in [1.165, 1.54) is 12.1 Å². The van der Waals surface area contributed by atoms with Crippen molar-refractivity contribution in [2.75, 3.05) is 25.5 Å². The third-order valence-electron chi connectivity index (χ3n) is 2.42. The summed E-state index contributed by atoms with van der Waals surface area (Å²) in [6, 6.07) is 2.58. The fraction of sp³-hybridized carbons (Fsp3) is 0.455. The highest BCUT2D eigenvalue weighted by Gasteiger charge is 2.14. The first-order valence-electron chi connectivity index (χ1n) is 5.47. The first-order chi connectivity index (χ1) is 8.45. The predicted octanol–water partition coefficient (Wildman–Crippen LogP) is 3.17. The molecule has 0 saturated heterocycles. The molecule has 0 fully saturated rings. The number of nitrogens with one attached hydrogen (secondary N) is 2. The first-order valence-corrected chi connectivity index (χ1v) is 6.23. The molecule has 1 rings (SSSR count). The highest BCUT2D eigenvalue weighted by Crippen LogP contribution is 2.34. The summed E-state index contributed by atoms with van der Waals surface area (Å²) in [5, 5.41) is 17.3. The molecule has 1 atom stereocenters. The maximum absolute atomic E-state index is 10.6. The lowest BCUT2D eigenvalue weighted by Gasteiger charge is -2.15. The van der Waals surface area contributed by atoms with Crippen molar-refractivity contribution in [3.8, 4) is 0 Å². The SMILES string of the molecule is CNCC(C)CNc1c(Cl)cc([N+](=O)[O-])cc1Cl. The van der Waals surface area contributed by atoms with Crippen molar-refractivity contribution in [2.24, 2.45) is 5.92 Å². The van der Waals surface area contributed by atoms with Gasteiger partial charge >= 0.3 is 0 Å². The van der Waals surface area contributed by atoms with Crippen LogP contribution < -0.4 is 10.6 Å². The Morgan fingerprint density at radius 3 is 2.33 bits per heavy atom. The zero-order valence-electron chi connectivity index (χ0n) is 10.2. The van der Waals surface area contributed by atoms with Crippen LogP contribution in [0.1, 0.15) is 6.92 Å². The summed E-state index contributed by atoms with van der Waals surface area (Å²) < 4.78 is 0. The standard InChI is InChI=1S/C11H15Cl2N3O2/c1-7(5-14-2)6-15-11-9(12)3-8(16(17)18)4-10(11)13/h3-4,7,14-15H,5-6H2,1-2H3. The summed E-state index contributed by atoms with van der Waals surface area (Å²) in [6.45, 7) is 3.60. The number of nitro groups is 1. The van der Waals surface area contributed by atoms with Gasteiger partial charge in [-0.25, -0.2) is 0 Å². The van der Waals surface area contributed by atoms with Gasteiger partial charge in [-0.3, -0.25) is 10.1 Å². The van der Waals surface area contributed by atoms with E-state index in [0.717, 1.165) is 6.54 Å². The molecule has 1 aromatic carbocycles. The number of non-ortho nitro benzene ring substituents is 1. The smallest absolute Gasteiger partial charge is 0.272 e. The van der Waals surface area contributed by atoms with Crippen molar-refractivity contribution in [2.45, 2.75) is 6.92 Å². The second-order valence-corrected chi connectivity index (χ2v) is 4.90. The van der Waals surface area contributed by atoms with Gasteiger partial charge in [0.05, 0.1) is 20.7 Å². The minimum absolute atomic E-state index is 0.112. The Kier molecular flexibility index (Phi) is 5.65. The summed E-state index contributed by atoms with van der Waals surface area (Å²) in [5.74, 6) is 0.386. The predicted molar refractivity (Wildman–Crippen MR) is 74.7 cm³/mol. The quantitative estimate of drug-likeness (QED) is 0.624. The van der Waals surface area contributed by atoms with Gasteiger partial charge < -0.3 is 10.6 Å². The molecule has 18 heavy (non-hydrogen) atoms. The van der Waals surface area contributed by atoms with E-state index in [2.05, 4.69) is 17.6 Å². The van der Waals surface area contributed by atoms with Crippen LogP contribution in [0.2, 0.25) is 10.0 Å². The molecule has 0 amide bonds.